The van der Waals surface area contributed by atoms with E-state index in [1.807, 2.05) is 31.3 Å². The quantitative estimate of drug-likeness (QED) is 0.840. The van der Waals surface area contributed by atoms with Crippen LogP contribution in [-0.4, -0.2) is 41.1 Å². The van der Waals surface area contributed by atoms with Crippen molar-refractivity contribution in [3.8, 4) is 0 Å². The number of nitrogens with zero attached hydrogens (tertiary/aromatic N) is 4. The monoisotopic (exact) mass is 338 g/mol. The summed E-state index contributed by atoms with van der Waals surface area (Å²) in [6.45, 7) is 4.68. The standard InChI is InChI=1S/C16H20ClFN4O/c1-3-23-10-12-8-22(16-15(18)4-13(17)6-19-16)9-14(12)11-5-20-21(2)7-11/h4-7,12,14H,3,8-10H2,1-2H3/t12-,14-/m0/s1. The average Bonchev–Trinajstić information content (AvgIpc) is 3.11. The molecule has 0 bridgehead atoms. The first-order valence-corrected chi connectivity index (χ1v) is 8.08. The van der Waals surface area contributed by atoms with E-state index >= 15 is 0 Å². The molecule has 2 aromatic rings. The van der Waals surface area contributed by atoms with Crippen LogP contribution in [-0.2, 0) is 11.8 Å². The molecule has 0 aromatic carbocycles. The van der Waals surface area contributed by atoms with Crippen molar-refractivity contribution >= 4 is 17.4 Å². The summed E-state index contributed by atoms with van der Waals surface area (Å²) in [5, 5.41) is 4.56. The van der Waals surface area contributed by atoms with Gasteiger partial charge in [0, 0.05) is 51.0 Å². The Morgan fingerprint density at radius 1 is 1.39 bits per heavy atom. The Bertz CT molecular complexity index is 678. The molecule has 0 amide bonds. The van der Waals surface area contributed by atoms with Gasteiger partial charge < -0.3 is 9.64 Å². The van der Waals surface area contributed by atoms with Crippen LogP contribution >= 0.6 is 11.6 Å². The zero-order chi connectivity index (χ0) is 16.4. The maximum atomic E-state index is 14.2. The second-order valence-corrected chi connectivity index (χ2v) is 6.27. The predicted octanol–water partition coefficient (Wildman–Crippen LogP) is 2.86. The van der Waals surface area contributed by atoms with Crippen LogP contribution in [0, 0.1) is 11.7 Å². The molecule has 0 radical (unpaired) electrons. The fourth-order valence-corrected chi connectivity index (χ4v) is 3.28. The van der Waals surface area contributed by atoms with E-state index in [-0.39, 0.29) is 17.7 Å². The predicted molar refractivity (Wildman–Crippen MR) is 87.4 cm³/mol. The molecule has 2 atom stereocenters. The number of rotatable bonds is 5. The minimum Gasteiger partial charge on any atom is -0.381 e. The van der Waals surface area contributed by atoms with Crippen LogP contribution in [0.4, 0.5) is 10.2 Å². The molecule has 0 spiro atoms. The highest BCUT2D eigenvalue weighted by molar-refractivity contribution is 6.30. The molecular weight excluding hydrogens is 319 g/mol. The van der Waals surface area contributed by atoms with Crippen molar-refractivity contribution in [3.63, 3.8) is 0 Å². The van der Waals surface area contributed by atoms with Crippen molar-refractivity contribution in [2.75, 3.05) is 31.2 Å². The molecule has 2 aromatic heterocycles. The van der Waals surface area contributed by atoms with Crippen LogP contribution in [0.3, 0.4) is 0 Å². The highest BCUT2D eigenvalue weighted by atomic mass is 35.5. The van der Waals surface area contributed by atoms with E-state index in [1.54, 1.807) is 4.68 Å². The molecule has 3 heterocycles. The normalized spacial score (nSPS) is 21.1. The second kappa shape index (κ2) is 6.84. The number of aromatic nitrogens is 3. The van der Waals surface area contributed by atoms with Crippen molar-refractivity contribution in [1.29, 1.82) is 0 Å². The van der Waals surface area contributed by atoms with E-state index in [2.05, 4.69) is 10.1 Å². The molecule has 0 aliphatic carbocycles. The van der Waals surface area contributed by atoms with E-state index in [9.17, 15) is 4.39 Å². The summed E-state index contributed by atoms with van der Waals surface area (Å²) >= 11 is 5.80. The molecule has 7 heteroatoms. The molecular formula is C16H20ClFN4O. The van der Waals surface area contributed by atoms with Gasteiger partial charge in [0.1, 0.15) is 0 Å². The molecule has 0 unspecified atom stereocenters. The van der Waals surface area contributed by atoms with E-state index in [0.29, 0.717) is 37.1 Å². The molecule has 5 nitrogen and oxygen atoms in total. The summed E-state index contributed by atoms with van der Waals surface area (Å²) in [6.07, 6.45) is 5.37. The first kappa shape index (κ1) is 16.2. The van der Waals surface area contributed by atoms with Crippen molar-refractivity contribution in [3.05, 3.63) is 41.1 Å². The van der Waals surface area contributed by atoms with Gasteiger partial charge in [0.15, 0.2) is 11.6 Å². The zero-order valence-electron chi connectivity index (χ0n) is 13.2. The highest BCUT2D eigenvalue weighted by Crippen LogP contribution is 2.35. The lowest BCUT2D eigenvalue weighted by molar-refractivity contribution is 0.111. The first-order valence-electron chi connectivity index (χ1n) is 7.70. The van der Waals surface area contributed by atoms with Gasteiger partial charge in [0.25, 0.3) is 0 Å². The molecule has 23 heavy (non-hydrogen) atoms. The molecule has 1 saturated heterocycles. The minimum atomic E-state index is -0.389. The Labute approximate surface area is 140 Å². The van der Waals surface area contributed by atoms with Gasteiger partial charge in [-0.25, -0.2) is 9.37 Å². The summed E-state index contributed by atoms with van der Waals surface area (Å²) in [7, 11) is 1.90. The van der Waals surface area contributed by atoms with Gasteiger partial charge >= 0.3 is 0 Å². The lowest BCUT2D eigenvalue weighted by atomic mass is 9.92. The summed E-state index contributed by atoms with van der Waals surface area (Å²) in [4.78, 5) is 6.13. The maximum Gasteiger partial charge on any atom is 0.167 e. The number of hydrogen-bond donors (Lipinski definition) is 0. The third kappa shape index (κ3) is 3.48. The molecule has 124 valence electrons. The van der Waals surface area contributed by atoms with Crippen molar-refractivity contribution in [1.82, 2.24) is 14.8 Å². The lowest BCUT2D eigenvalue weighted by Gasteiger charge is -2.18. The maximum absolute atomic E-state index is 14.2. The third-order valence-electron chi connectivity index (χ3n) is 4.22. The summed E-state index contributed by atoms with van der Waals surface area (Å²) in [5.41, 5.74) is 1.15. The third-order valence-corrected chi connectivity index (χ3v) is 4.42. The lowest BCUT2D eigenvalue weighted by Crippen LogP contribution is -2.23. The zero-order valence-corrected chi connectivity index (χ0v) is 14.0. The van der Waals surface area contributed by atoms with Crippen LogP contribution in [0.25, 0.3) is 0 Å². The van der Waals surface area contributed by atoms with Crippen molar-refractivity contribution < 1.29 is 9.13 Å². The Morgan fingerprint density at radius 2 is 2.22 bits per heavy atom. The number of ether oxygens (including phenoxy) is 1. The summed E-state index contributed by atoms with van der Waals surface area (Å²) < 4.78 is 21.6. The fraction of sp³-hybridized carbons (Fsp3) is 0.500. The molecule has 0 saturated carbocycles. The molecule has 1 aliphatic heterocycles. The van der Waals surface area contributed by atoms with Gasteiger partial charge in [0.05, 0.1) is 17.8 Å². The topological polar surface area (TPSA) is 43.2 Å². The first-order chi connectivity index (χ1) is 11.1. The van der Waals surface area contributed by atoms with Crippen molar-refractivity contribution in [2.24, 2.45) is 13.0 Å². The largest absolute Gasteiger partial charge is 0.381 e. The van der Waals surface area contributed by atoms with Gasteiger partial charge in [-0.05, 0) is 18.6 Å². The molecule has 1 fully saturated rings. The number of halogens is 2. The van der Waals surface area contributed by atoms with Gasteiger partial charge in [-0.15, -0.1) is 0 Å². The highest BCUT2D eigenvalue weighted by Gasteiger charge is 2.36. The second-order valence-electron chi connectivity index (χ2n) is 5.84. The number of pyridine rings is 1. The summed E-state index contributed by atoms with van der Waals surface area (Å²) in [6, 6.07) is 1.30. The Morgan fingerprint density at radius 3 is 2.87 bits per heavy atom. The Kier molecular flexibility index (Phi) is 4.82. The van der Waals surface area contributed by atoms with Crippen LogP contribution in [0.1, 0.15) is 18.4 Å². The van der Waals surface area contributed by atoms with E-state index < -0.39 is 0 Å². The van der Waals surface area contributed by atoms with Gasteiger partial charge in [-0.2, -0.15) is 5.10 Å². The minimum absolute atomic E-state index is 0.243. The van der Waals surface area contributed by atoms with E-state index in [0.717, 1.165) is 5.56 Å². The van der Waals surface area contributed by atoms with Crippen LogP contribution < -0.4 is 4.90 Å². The van der Waals surface area contributed by atoms with Gasteiger partial charge in [-0.1, -0.05) is 11.6 Å². The Hall–Kier alpha value is -1.66. The average molecular weight is 339 g/mol. The smallest absolute Gasteiger partial charge is 0.167 e. The van der Waals surface area contributed by atoms with Crippen LogP contribution in [0.15, 0.2) is 24.7 Å². The molecule has 0 N–H and O–H groups in total. The number of hydrogen-bond acceptors (Lipinski definition) is 4. The Balaban J connectivity index is 1.84. The van der Waals surface area contributed by atoms with Gasteiger partial charge in [-0.3, -0.25) is 4.68 Å². The summed E-state index contributed by atoms with van der Waals surface area (Å²) in [5.74, 6) is 0.477. The van der Waals surface area contributed by atoms with Crippen molar-refractivity contribution in [2.45, 2.75) is 12.8 Å². The molecule has 1 aliphatic rings. The SMILES string of the molecule is CCOC[C@@H]1CN(c2ncc(Cl)cc2F)C[C@H]1c1cnn(C)c1. The molecule has 3 rings (SSSR count). The fourth-order valence-electron chi connectivity index (χ4n) is 3.13. The van der Waals surface area contributed by atoms with Crippen LogP contribution in [0.2, 0.25) is 5.02 Å². The van der Waals surface area contributed by atoms with E-state index in [1.165, 1.54) is 12.3 Å². The van der Waals surface area contributed by atoms with Gasteiger partial charge in [0.2, 0.25) is 0 Å². The number of aryl methyl sites for hydroxylation is 1. The van der Waals surface area contributed by atoms with E-state index in [4.69, 9.17) is 16.3 Å². The number of anilines is 1. The van der Waals surface area contributed by atoms with Crippen LogP contribution in [0.5, 0.6) is 0 Å².